The number of pyridine rings is 2. The highest BCUT2D eigenvalue weighted by Gasteiger charge is 2.21. The van der Waals surface area contributed by atoms with Gasteiger partial charge in [-0.25, -0.2) is 9.97 Å². The summed E-state index contributed by atoms with van der Waals surface area (Å²) in [7, 11) is 3.65. The highest BCUT2D eigenvalue weighted by atomic mass is 16.5. The number of benzene rings is 2. The summed E-state index contributed by atoms with van der Waals surface area (Å²) < 4.78 is 7.37. The maximum Gasteiger partial charge on any atom is 0.212 e. The second-order valence-electron chi connectivity index (χ2n) is 8.78. The molecule has 1 atom stereocenters. The molecule has 2 aromatic carbocycles. The number of aryl methyl sites for hydroxylation is 1. The number of nitrogen functional groups attached to an aromatic ring is 1. The van der Waals surface area contributed by atoms with Crippen LogP contribution in [0.5, 0.6) is 5.88 Å². The summed E-state index contributed by atoms with van der Waals surface area (Å²) in [5.74, 6) is 0.358. The summed E-state index contributed by atoms with van der Waals surface area (Å²) >= 11 is 0. The van der Waals surface area contributed by atoms with Crippen molar-refractivity contribution in [2.45, 2.75) is 5.92 Å². The van der Waals surface area contributed by atoms with Crippen LogP contribution in [0.1, 0.15) is 22.7 Å². The molecule has 4 aromatic heterocycles. The third-order valence-electron chi connectivity index (χ3n) is 6.50. The molecule has 6 rings (SSSR count). The molecule has 0 spiro atoms. The molecule has 0 radical (unpaired) electrons. The van der Waals surface area contributed by atoms with Crippen LogP contribution < -0.4 is 10.5 Å². The van der Waals surface area contributed by atoms with Crippen LogP contribution in [-0.2, 0) is 7.05 Å². The van der Waals surface area contributed by atoms with Gasteiger partial charge in [0.1, 0.15) is 0 Å². The quantitative estimate of drug-likeness (QED) is 0.340. The van der Waals surface area contributed by atoms with Gasteiger partial charge in [0.25, 0.3) is 0 Å². The highest BCUT2D eigenvalue weighted by molar-refractivity contribution is 5.97. The van der Waals surface area contributed by atoms with Crippen LogP contribution in [0.4, 0.5) is 5.69 Å². The molecule has 0 aliphatic carbocycles. The van der Waals surface area contributed by atoms with E-state index in [1.165, 1.54) is 5.39 Å². The Bertz CT molecular complexity index is 1690. The van der Waals surface area contributed by atoms with Crippen molar-refractivity contribution in [2.24, 2.45) is 7.05 Å². The summed E-state index contributed by atoms with van der Waals surface area (Å²) in [5.41, 5.74) is 14.4. The highest BCUT2D eigenvalue weighted by Crippen LogP contribution is 2.35. The van der Waals surface area contributed by atoms with Gasteiger partial charge < -0.3 is 15.0 Å². The van der Waals surface area contributed by atoms with Crippen molar-refractivity contribution in [3.63, 3.8) is 0 Å². The van der Waals surface area contributed by atoms with E-state index in [9.17, 15) is 0 Å². The first-order valence-electron chi connectivity index (χ1n) is 11.6. The van der Waals surface area contributed by atoms with Gasteiger partial charge in [-0.3, -0.25) is 9.97 Å². The molecule has 0 saturated heterocycles. The fourth-order valence-electron chi connectivity index (χ4n) is 4.70. The molecule has 0 aliphatic rings. The lowest BCUT2D eigenvalue weighted by Crippen LogP contribution is -2.08. The smallest absolute Gasteiger partial charge is 0.212 e. The number of anilines is 1. The Hall–Kier alpha value is -4.78. The van der Waals surface area contributed by atoms with Gasteiger partial charge in [-0.2, -0.15) is 0 Å². The number of fused-ring (bicyclic) bond motifs is 2. The first kappa shape index (κ1) is 21.7. The summed E-state index contributed by atoms with van der Waals surface area (Å²) in [4.78, 5) is 18.7. The van der Waals surface area contributed by atoms with E-state index >= 15 is 0 Å². The summed E-state index contributed by atoms with van der Waals surface area (Å²) in [6.07, 6.45) is 9.31. The van der Waals surface area contributed by atoms with Crippen LogP contribution in [0.2, 0.25) is 0 Å². The van der Waals surface area contributed by atoms with Gasteiger partial charge in [0.05, 0.1) is 36.0 Å². The zero-order valence-corrected chi connectivity index (χ0v) is 20.0. The largest absolute Gasteiger partial charge is 0.481 e. The number of aromatic nitrogens is 5. The number of nitrogens with two attached hydrogens (primary N) is 1. The Kier molecular flexibility index (Phi) is 5.30. The average Bonchev–Trinajstić information content (AvgIpc) is 3.29. The molecule has 0 fully saturated rings. The monoisotopic (exact) mass is 472 g/mol. The molecule has 2 N–H and O–H groups in total. The zero-order chi connectivity index (χ0) is 24.6. The minimum Gasteiger partial charge on any atom is -0.481 e. The van der Waals surface area contributed by atoms with Crippen LogP contribution in [0.15, 0.2) is 91.6 Å². The van der Waals surface area contributed by atoms with Crippen LogP contribution in [0.3, 0.4) is 0 Å². The molecule has 0 saturated carbocycles. The maximum atomic E-state index is 6.29. The molecule has 36 heavy (non-hydrogen) atoms. The summed E-state index contributed by atoms with van der Waals surface area (Å²) in [5, 5.41) is 1.19. The zero-order valence-electron chi connectivity index (χ0n) is 20.0. The van der Waals surface area contributed by atoms with Crippen molar-refractivity contribution in [3.05, 3.63) is 108 Å². The number of hydrogen-bond acceptors (Lipinski definition) is 6. The van der Waals surface area contributed by atoms with Crippen molar-refractivity contribution >= 4 is 27.6 Å². The molecule has 0 aliphatic heterocycles. The van der Waals surface area contributed by atoms with E-state index in [4.69, 9.17) is 20.4 Å². The predicted octanol–water partition coefficient (Wildman–Crippen LogP) is 5.35. The predicted molar refractivity (Wildman–Crippen MR) is 142 cm³/mol. The molecule has 7 nitrogen and oxygen atoms in total. The second-order valence-corrected chi connectivity index (χ2v) is 8.78. The first-order chi connectivity index (χ1) is 17.6. The Labute approximate surface area is 208 Å². The molecule has 6 aromatic rings. The third-order valence-corrected chi connectivity index (χ3v) is 6.50. The van der Waals surface area contributed by atoms with Gasteiger partial charge in [-0.05, 0) is 52.4 Å². The maximum absolute atomic E-state index is 6.29. The van der Waals surface area contributed by atoms with Gasteiger partial charge >= 0.3 is 0 Å². The Morgan fingerprint density at radius 2 is 1.81 bits per heavy atom. The summed E-state index contributed by atoms with van der Waals surface area (Å²) in [6.45, 7) is 0. The van der Waals surface area contributed by atoms with Crippen LogP contribution in [-0.4, -0.2) is 31.6 Å². The number of rotatable bonds is 5. The van der Waals surface area contributed by atoms with Crippen molar-refractivity contribution in [1.82, 2.24) is 24.5 Å². The van der Waals surface area contributed by atoms with E-state index in [1.807, 2.05) is 62.0 Å². The molecule has 0 bridgehead atoms. The number of ether oxygens (including phenoxy) is 1. The van der Waals surface area contributed by atoms with Gasteiger partial charge in [0.15, 0.2) is 0 Å². The van der Waals surface area contributed by atoms with Gasteiger partial charge in [-0.1, -0.05) is 24.3 Å². The number of nitrogens with zero attached hydrogens (tertiary/aromatic N) is 5. The van der Waals surface area contributed by atoms with Gasteiger partial charge in [0, 0.05) is 54.7 Å². The van der Waals surface area contributed by atoms with Gasteiger partial charge in [-0.15, -0.1) is 0 Å². The lowest BCUT2D eigenvalue weighted by atomic mass is 9.90. The fraction of sp³-hybridized carbons (Fsp3) is 0.103. The van der Waals surface area contributed by atoms with Crippen molar-refractivity contribution in [3.8, 4) is 17.0 Å². The van der Waals surface area contributed by atoms with E-state index in [2.05, 4.69) is 45.0 Å². The fourth-order valence-corrected chi connectivity index (χ4v) is 4.70. The summed E-state index contributed by atoms with van der Waals surface area (Å²) in [6, 6.07) is 20.2. The van der Waals surface area contributed by atoms with Crippen LogP contribution in [0.25, 0.3) is 33.1 Å². The standard InChI is InChI=1S/C29H24N6O/c1-35-11-9-18-5-6-19(12-26(18)35)23-13-22(30)14-24-29(23)34-25(17-32-24)28(20-4-3-10-31-15-20)21-7-8-27(36-2)33-16-21/h3-17,28H,30H2,1-2H3/t28-/m0/s1. The SMILES string of the molecule is COc1ccc([C@H](c2cccnc2)c2cnc3cc(N)cc(-c4ccc5ccn(C)c5c4)c3n2)cn1. The molecule has 0 unspecified atom stereocenters. The second kappa shape index (κ2) is 8.78. The van der Waals surface area contributed by atoms with Gasteiger partial charge in [0.2, 0.25) is 5.88 Å². The molecule has 4 heterocycles. The third kappa shape index (κ3) is 3.80. The minimum absolute atomic E-state index is 0.199. The number of methoxy groups -OCH3 is 1. The van der Waals surface area contributed by atoms with E-state index in [-0.39, 0.29) is 5.92 Å². The van der Waals surface area contributed by atoms with E-state index in [0.717, 1.165) is 44.5 Å². The van der Waals surface area contributed by atoms with Crippen molar-refractivity contribution in [1.29, 1.82) is 0 Å². The molecular formula is C29H24N6O. The number of hydrogen-bond donors (Lipinski definition) is 1. The molecule has 0 amide bonds. The lowest BCUT2D eigenvalue weighted by molar-refractivity contribution is 0.397. The Balaban J connectivity index is 1.56. The van der Waals surface area contributed by atoms with Crippen molar-refractivity contribution < 1.29 is 4.74 Å². The Morgan fingerprint density at radius 3 is 2.58 bits per heavy atom. The van der Waals surface area contributed by atoms with E-state index in [0.29, 0.717) is 11.6 Å². The van der Waals surface area contributed by atoms with E-state index in [1.54, 1.807) is 13.3 Å². The molecule has 176 valence electrons. The first-order valence-corrected chi connectivity index (χ1v) is 11.6. The average molecular weight is 473 g/mol. The normalized spacial score (nSPS) is 12.2. The minimum atomic E-state index is -0.199. The Morgan fingerprint density at radius 1 is 0.917 bits per heavy atom. The van der Waals surface area contributed by atoms with Crippen molar-refractivity contribution in [2.75, 3.05) is 12.8 Å². The lowest BCUT2D eigenvalue weighted by Gasteiger charge is -2.18. The van der Waals surface area contributed by atoms with E-state index < -0.39 is 0 Å². The molecule has 7 heteroatoms. The van der Waals surface area contributed by atoms with Crippen LogP contribution in [0, 0.1) is 0 Å². The topological polar surface area (TPSA) is 91.7 Å². The molecular weight excluding hydrogens is 448 g/mol. The van der Waals surface area contributed by atoms with Crippen LogP contribution >= 0.6 is 0 Å².